The molecule has 164 valence electrons. The van der Waals surface area contributed by atoms with Crippen molar-refractivity contribution in [3.63, 3.8) is 0 Å². The number of aromatic carboxylic acids is 1. The Morgan fingerprint density at radius 2 is 2.00 bits per heavy atom. The summed E-state index contributed by atoms with van der Waals surface area (Å²) >= 11 is 0. The predicted octanol–water partition coefficient (Wildman–Crippen LogP) is 4.67. The van der Waals surface area contributed by atoms with Crippen LogP contribution in [0.25, 0.3) is 22.2 Å². The van der Waals surface area contributed by atoms with E-state index < -0.39 is 5.97 Å². The summed E-state index contributed by atoms with van der Waals surface area (Å²) in [7, 11) is 0. The zero-order valence-corrected chi connectivity index (χ0v) is 17.2. The number of carboxylic acid groups (broad SMARTS) is 1. The Kier molecular flexibility index (Phi) is 5.89. The molecule has 0 aliphatic heterocycles. The van der Waals surface area contributed by atoms with Gasteiger partial charge in [-0.15, -0.1) is 0 Å². The van der Waals surface area contributed by atoms with Crippen LogP contribution in [-0.2, 0) is 11.4 Å². The van der Waals surface area contributed by atoms with Gasteiger partial charge >= 0.3 is 5.97 Å². The highest BCUT2D eigenvalue weighted by atomic mass is 19.1. The van der Waals surface area contributed by atoms with Gasteiger partial charge in [-0.05, 0) is 42.8 Å². The Hall–Kier alpha value is -4.14. The highest BCUT2D eigenvalue weighted by Crippen LogP contribution is 2.27. The van der Waals surface area contributed by atoms with Crippen LogP contribution >= 0.6 is 0 Å². The summed E-state index contributed by atoms with van der Waals surface area (Å²) in [5.74, 6) is -1.12. The molecule has 0 aliphatic carbocycles. The van der Waals surface area contributed by atoms with Crippen LogP contribution in [0.5, 0.6) is 5.75 Å². The molecule has 0 bridgehead atoms. The third kappa shape index (κ3) is 4.31. The lowest BCUT2D eigenvalue weighted by molar-refractivity contribution is 0.0698. The van der Waals surface area contributed by atoms with E-state index in [2.05, 4.69) is 10.3 Å². The molecular weight excluding hydrogens is 417 g/mol. The maximum atomic E-state index is 13.2. The van der Waals surface area contributed by atoms with Crippen molar-refractivity contribution in [1.29, 1.82) is 0 Å². The van der Waals surface area contributed by atoms with E-state index in [0.717, 1.165) is 6.42 Å². The van der Waals surface area contributed by atoms with E-state index in [-0.39, 0.29) is 23.7 Å². The van der Waals surface area contributed by atoms with E-state index in [1.54, 1.807) is 28.8 Å². The highest BCUT2D eigenvalue weighted by Gasteiger charge is 2.19. The lowest BCUT2D eigenvalue weighted by Crippen LogP contribution is -2.11. The second-order valence-corrected chi connectivity index (χ2v) is 7.13. The topological polar surface area (TPSA) is 110 Å². The molecule has 0 aliphatic rings. The fourth-order valence-corrected chi connectivity index (χ4v) is 3.28. The van der Waals surface area contributed by atoms with E-state index in [9.17, 15) is 19.4 Å². The zero-order chi connectivity index (χ0) is 22.7. The second-order valence-electron chi connectivity index (χ2n) is 7.13. The number of phenolic OH excluding ortho intramolecular Hbond substituents is 1. The number of hydrogen-bond acceptors (Lipinski definition) is 6. The smallest absolute Gasteiger partial charge is 0.337 e. The van der Waals surface area contributed by atoms with Crippen LogP contribution in [-0.4, -0.2) is 38.2 Å². The summed E-state index contributed by atoms with van der Waals surface area (Å²) in [5.41, 5.74) is 2.14. The molecule has 2 aromatic carbocycles. The Balaban J connectivity index is 1.73. The number of halogens is 1. The van der Waals surface area contributed by atoms with Crippen molar-refractivity contribution in [2.24, 2.45) is 5.16 Å². The van der Waals surface area contributed by atoms with E-state index in [1.807, 2.05) is 6.92 Å². The number of carbonyl (C=O) groups is 1. The molecule has 0 saturated heterocycles. The lowest BCUT2D eigenvalue weighted by atomic mass is 10.1. The molecule has 0 spiro atoms. The second kappa shape index (κ2) is 8.93. The summed E-state index contributed by atoms with van der Waals surface area (Å²) in [5, 5.41) is 28.2. The quantitative estimate of drug-likeness (QED) is 0.235. The minimum Gasteiger partial charge on any atom is -0.508 e. The number of hydrogen-bond donors (Lipinski definition) is 2. The molecule has 2 N–H and O–H groups in total. The Labute approximate surface area is 182 Å². The molecule has 4 aromatic rings. The van der Waals surface area contributed by atoms with Gasteiger partial charge in [-0.1, -0.05) is 17.2 Å². The summed E-state index contributed by atoms with van der Waals surface area (Å²) < 4.78 is 20.3. The van der Waals surface area contributed by atoms with Gasteiger partial charge in [-0.2, -0.15) is 0 Å². The molecule has 0 fully saturated rings. The molecule has 0 atom stereocenters. The van der Waals surface area contributed by atoms with E-state index in [0.29, 0.717) is 40.2 Å². The lowest BCUT2D eigenvalue weighted by Gasteiger charge is -2.07. The third-order valence-electron chi connectivity index (χ3n) is 4.82. The van der Waals surface area contributed by atoms with Gasteiger partial charge in [-0.3, -0.25) is 0 Å². The monoisotopic (exact) mass is 437 g/mol. The minimum absolute atomic E-state index is 0.00720. The summed E-state index contributed by atoms with van der Waals surface area (Å²) in [6.45, 7) is 2.43. The van der Waals surface area contributed by atoms with Crippen molar-refractivity contribution < 1.29 is 28.8 Å². The Bertz CT molecular complexity index is 1290. The fraction of sp³-hybridized carbons (Fsp3) is 0.174. The fourth-order valence-electron chi connectivity index (χ4n) is 3.28. The van der Waals surface area contributed by atoms with Crippen molar-refractivity contribution in [3.05, 3.63) is 71.9 Å². The zero-order valence-electron chi connectivity index (χ0n) is 17.2. The summed E-state index contributed by atoms with van der Waals surface area (Å²) in [6, 6.07) is 12.0. The van der Waals surface area contributed by atoms with Gasteiger partial charge in [0.1, 0.15) is 29.6 Å². The Morgan fingerprint density at radius 3 is 2.72 bits per heavy atom. The van der Waals surface area contributed by atoms with Gasteiger partial charge < -0.3 is 24.1 Å². The molecular formula is C23H20FN3O5. The van der Waals surface area contributed by atoms with E-state index in [4.69, 9.17) is 9.36 Å². The average molecular weight is 437 g/mol. The predicted molar refractivity (Wildman–Crippen MR) is 115 cm³/mol. The number of aromatic hydroxyl groups is 1. The standard InChI is InChI=1S/C23H20FN3O5/c1-2-9-31-25-20(22-11-19(26-32-22)14-3-5-15(24)6-4-14)13-27-12-18(23(29)30)17-8-7-16(28)10-21(17)27/h3-8,10-12,28H,2,9,13H2,1H3,(H,29,30)/b25-20+. The maximum absolute atomic E-state index is 13.2. The number of rotatable bonds is 8. The van der Waals surface area contributed by atoms with Crippen LogP contribution < -0.4 is 0 Å². The summed E-state index contributed by atoms with van der Waals surface area (Å²) in [6.07, 6.45) is 2.22. The SMILES string of the molecule is CCCO/N=C(\Cn1cc(C(=O)O)c2ccc(O)cc21)c1cc(-c2ccc(F)cc2)no1. The van der Waals surface area contributed by atoms with Crippen LogP contribution in [0.4, 0.5) is 4.39 Å². The molecule has 0 amide bonds. The Morgan fingerprint density at radius 1 is 1.22 bits per heavy atom. The first kappa shape index (κ1) is 21.1. The van der Waals surface area contributed by atoms with Crippen LogP contribution in [0.1, 0.15) is 29.5 Å². The molecule has 0 radical (unpaired) electrons. The van der Waals surface area contributed by atoms with E-state index >= 15 is 0 Å². The van der Waals surface area contributed by atoms with Gasteiger partial charge in [0.15, 0.2) is 5.76 Å². The van der Waals surface area contributed by atoms with Crippen LogP contribution in [0, 0.1) is 5.82 Å². The largest absolute Gasteiger partial charge is 0.508 e. The van der Waals surface area contributed by atoms with Gasteiger partial charge in [0, 0.05) is 29.3 Å². The van der Waals surface area contributed by atoms with Crippen LogP contribution in [0.3, 0.4) is 0 Å². The number of benzene rings is 2. The first-order valence-electron chi connectivity index (χ1n) is 9.93. The third-order valence-corrected chi connectivity index (χ3v) is 4.82. The van der Waals surface area contributed by atoms with Gasteiger partial charge in [0.2, 0.25) is 0 Å². The number of oxime groups is 1. The minimum atomic E-state index is -1.08. The summed E-state index contributed by atoms with van der Waals surface area (Å²) in [4.78, 5) is 17.0. The number of phenols is 1. The van der Waals surface area contributed by atoms with Crippen LogP contribution in [0.2, 0.25) is 0 Å². The molecule has 4 rings (SSSR count). The molecule has 9 heteroatoms. The van der Waals surface area contributed by atoms with Crippen molar-refractivity contribution >= 4 is 22.6 Å². The van der Waals surface area contributed by atoms with Crippen LogP contribution in [0.15, 0.2) is 64.4 Å². The normalized spacial score (nSPS) is 11.8. The molecule has 0 saturated carbocycles. The van der Waals surface area contributed by atoms with Crippen molar-refractivity contribution in [3.8, 4) is 17.0 Å². The first-order valence-corrected chi connectivity index (χ1v) is 9.93. The van der Waals surface area contributed by atoms with Crippen molar-refractivity contribution in [2.75, 3.05) is 6.61 Å². The molecule has 8 nitrogen and oxygen atoms in total. The molecule has 2 aromatic heterocycles. The number of nitrogens with zero attached hydrogens (tertiary/aromatic N) is 3. The van der Waals surface area contributed by atoms with Gasteiger partial charge in [0.25, 0.3) is 0 Å². The number of fused-ring (bicyclic) bond motifs is 1. The van der Waals surface area contributed by atoms with E-state index in [1.165, 1.54) is 30.5 Å². The van der Waals surface area contributed by atoms with Gasteiger partial charge in [-0.25, -0.2) is 9.18 Å². The van der Waals surface area contributed by atoms with Gasteiger partial charge in [0.05, 0.1) is 17.6 Å². The molecule has 2 heterocycles. The maximum Gasteiger partial charge on any atom is 0.337 e. The first-order chi connectivity index (χ1) is 15.5. The number of aromatic nitrogens is 2. The highest BCUT2D eigenvalue weighted by molar-refractivity contribution is 6.05. The average Bonchev–Trinajstić information content (AvgIpc) is 3.39. The molecule has 0 unspecified atom stereocenters. The number of carboxylic acids is 1. The molecule has 32 heavy (non-hydrogen) atoms. The van der Waals surface area contributed by atoms with Crippen molar-refractivity contribution in [2.45, 2.75) is 19.9 Å². The van der Waals surface area contributed by atoms with Crippen molar-refractivity contribution in [1.82, 2.24) is 9.72 Å².